The van der Waals surface area contributed by atoms with Crippen LogP contribution in [0.5, 0.6) is 0 Å². The highest BCUT2D eigenvalue weighted by molar-refractivity contribution is 5.86. The van der Waals surface area contributed by atoms with Crippen LogP contribution in [0.25, 0.3) is 23.5 Å². The standard InChI is InChI=1S/C18H16N2O4/c1-11-7-13(3-5-17(21)22)9-15(19-11)16-10-14(4-6-18(23)24)8-12(2)20-16/h3-10H,1-2H3,(H,21,22)(H,23,24)/b5-3+,6-4+. The number of aromatic nitrogens is 2. The second kappa shape index (κ2) is 7.32. The first-order valence-electron chi connectivity index (χ1n) is 7.13. The zero-order valence-corrected chi connectivity index (χ0v) is 13.2. The SMILES string of the molecule is Cc1cc(/C=C/C(=O)O)cc(-c2cc(/C=C/C(=O)O)cc(C)n2)n1. The molecule has 2 aromatic heterocycles. The molecule has 0 saturated carbocycles. The van der Waals surface area contributed by atoms with Crippen molar-refractivity contribution in [3.05, 3.63) is 58.9 Å². The lowest BCUT2D eigenvalue weighted by atomic mass is 10.1. The van der Waals surface area contributed by atoms with Crippen molar-refractivity contribution in [2.24, 2.45) is 0 Å². The highest BCUT2D eigenvalue weighted by Gasteiger charge is 2.06. The van der Waals surface area contributed by atoms with E-state index in [1.165, 1.54) is 12.2 Å². The van der Waals surface area contributed by atoms with Crippen molar-refractivity contribution in [2.45, 2.75) is 13.8 Å². The largest absolute Gasteiger partial charge is 0.478 e. The molecule has 24 heavy (non-hydrogen) atoms. The summed E-state index contributed by atoms with van der Waals surface area (Å²) in [6.07, 6.45) is 5.09. The van der Waals surface area contributed by atoms with E-state index in [0.717, 1.165) is 23.5 Å². The van der Waals surface area contributed by atoms with Crippen molar-refractivity contribution in [3.8, 4) is 11.4 Å². The van der Waals surface area contributed by atoms with Gasteiger partial charge in [-0.05, 0) is 61.4 Å². The van der Waals surface area contributed by atoms with Gasteiger partial charge in [-0.2, -0.15) is 0 Å². The van der Waals surface area contributed by atoms with Crippen LogP contribution in [0.15, 0.2) is 36.4 Å². The molecule has 0 fully saturated rings. The summed E-state index contributed by atoms with van der Waals surface area (Å²) in [5, 5.41) is 17.5. The molecule has 0 aromatic carbocycles. The molecule has 0 atom stereocenters. The number of carboxylic acid groups (broad SMARTS) is 2. The topological polar surface area (TPSA) is 100 Å². The van der Waals surface area contributed by atoms with Crippen molar-refractivity contribution < 1.29 is 19.8 Å². The van der Waals surface area contributed by atoms with Crippen LogP contribution in [0.4, 0.5) is 0 Å². The zero-order chi connectivity index (χ0) is 17.7. The summed E-state index contributed by atoms with van der Waals surface area (Å²) in [4.78, 5) is 30.2. The first kappa shape index (κ1) is 17.1. The van der Waals surface area contributed by atoms with Gasteiger partial charge in [-0.25, -0.2) is 9.59 Å². The van der Waals surface area contributed by atoms with Crippen LogP contribution < -0.4 is 0 Å². The fraction of sp³-hybridized carbons (Fsp3) is 0.111. The molecule has 0 aliphatic heterocycles. The third-order valence-electron chi connectivity index (χ3n) is 3.05. The summed E-state index contributed by atoms with van der Waals surface area (Å²) in [5.41, 5.74) is 4.03. The highest BCUT2D eigenvalue weighted by atomic mass is 16.4. The molecule has 0 bridgehead atoms. The summed E-state index contributed by atoms with van der Waals surface area (Å²) in [5.74, 6) is -2.05. The second-order valence-electron chi connectivity index (χ2n) is 5.20. The zero-order valence-electron chi connectivity index (χ0n) is 13.2. The van der Waals surface area contributed by atoms with Crippen LogP contribution >= 0.6 is 0 Å². The lowest BCUT2D eigenvalue weighted by Crippen LogP contribution is -1.95. The number of carbonyl (C=O) groups is 2. The van der Waals surface area contributed by atoms with Crippen molar-refractivity contribution in [1.82, 2.24) is 9.97 Å². The van der Waals surface area contributed by atoms with Crippen LogP contribution in [-0.2, 0) is 9.59 Å². The van der Waals surface area contributed by atoms with E-state index in [4.69, 9.17) is 10.2 Å². The van der Waals surface area contributed by atoms with Crippen LogP contribution in [0.1, 0.15) is 22.5 Å². The lowest BCUT2D eigenvalue weighted by molar-refractivity contribution is -0.132. The molecule has 0 saturated heterocycles. The number of aliphatic carboxylic acids is 2. The van der Waals surface area contributed by atoms with E-state index >= 15 is 0 Å². The molecule has 0 unspecified atom stereocenters. The lowest BCUT2D eigenvalue weighted by Gasteiger charge is -2.06. The summed E-state index contributed by atoms with van der Waals surface area (Å²) in [7, 11) is 0. The molecule has 122 valence electrons. The number of carboxylic acids is 2. The molecular formula is C18H16N2O4. The van der Waals surface area contributed by atoms with Gasteiger partial charge in [0, 0.05) is 23.5 Å². The Morgan fingerprint density at radius 1 is 0.792 bits per heavy atom. The Hall–Kier alpha value is -3.28. The number of rotatable bonds is 5. The Morgan fingerprint density at radius 2 is 1.17 bits per heavy atom. The third-order valence-corrected chi connectivity index (χ3v) is 3.05. The van der Waals surface area contributed by atoms with E-state index in [1.54, 1.807) is 24.3 Å². The molecule has 0 aliphatic carbocycles. The molecule has 2 rings (SSSR count). The summed E-state index contributed by atoms with van der Waals surface area (Å²) < 4.78 is 0. The Labute approximate surface area is 138 Å². The van der Waals surface area contributed by atoms with Crippen LogP contribution in [-0.4, -0.2) is 32.1 Å². The minimum absolute atomic E-state index is 0.591. The smallest absolute Gasteiger partial charge is 0.328 e. The molecule has 0 spiro atoms. The van der Waals surface area contributed by atoms with E-state index in [2.05, 4.69) is 9.97 Å². The van der Waals surface area contributed by atoms with Gasteiger partial charge in [0.15, 0.2) is 0 Å². The van der Waals surface area contributed by atoms with Crippen LogP contribution in [0.2, 0.25) is 0 Å². The maximum absolute atomic E-state index is 10.7. The number of nitrogens with zero attached hydrogens (tertiary/aromatic N) is 2. The van der Waals surface area contributed by atoms with Crippen LogP contribution in [0, 0.1) is 13.8 Å². The normalized spacial score (nSPS) is 11.2. The van der Waals surface area contributed by atoms with Gasteiger partial charge in [-0.1, -0.05) is 0 Å². The Morgan fingerprint density at radius 3 is 1.50 bits per heavy atom. The summed E-state index contributed by atoms with van der Waals surface area (Å²) in [6.45, 7) is 3.62. The molecule has 2 N–H and O–H groups in total. The molecule has 2 heterocycles. The van der Waals surface area contributed by atoms with Gasteiger partial charge >= 0.3 is 11.9 Å². The summed E-state index contributed by atoms with van der Waals surface area (Å²) in [6, 6.07) is 7.01. The van der Waals surface area contributed by atoms with Gasteiger partial charge in [0.2, 0.25) is 0 Å². The van der Waals surface area contributed by atoms with E-state index in [-0.39, 0.29) is 0 Å². The van der Waals surface area contributed by atoms with Crippen molar-refractivity contribution in [1.29, 1.82) is 0 Å². The maximum Gasteiger partial charge on any atom is 0.328 e. The van der Waals surface area contributed by atoms with Crippen molar-refractivity contribution in [2.75, 3.05) is 0 Å². The number of hydrogen-bond donors (Lipinski definition) is 2. The quantitative estimate of drug-likeness (QED) is 0.820. The molecule has 6 nitrogen and oxygen atoms in total. The molecule has 0 radical (unpaired) electrons. The minimum Gasteiger partial charge on any atom is -0.478 e. The summed E-state index contributed by atoms with van der Waals surface area (Å²) >= 11 is 0. The minimum atomic E-state index is -1.03. The highest BCUT2D eigenvalue weighted by Crippen LogP contribution is 2.21. The average molecular weight is 324 g/mol. The Kier molecular flexibility index (Phi) is 5.21. The van der Waals surface area contributed by atoms with E-state index < -0.39 is 11.9 Å². The van der Waals surface area contributed by atoms with Crippen molar-refractivity contribution >= 4 is 24.1 Å². The molecule has 0 aliphatic rings. The van der Waals surface area contributed by atoms with E-state index in [9.17, 15) is 9.59 Å². The van der Waals surface area contributed by atoms with Gasteiger partial charge in [0.25, 0.3) is 0 Å². The van der Waals surface area contributed by atoms with Gasteiger partial charge < -0.3 is 10.2 Å². The number of pyridine rings is 2. The monoisotopic (exact) mass is 324 g/mol. The number of hydrogen-bond acceptors (Lipinski definition) is 4. The first-order chi connectivity index (χ1) is 11.3. The van der Waals surface area contributed by atoms with Gasteiger partial charge in [0.1, 0.15) is 0 Å². The fourth-order valence-electron chi connectivity index (χ4n) is 2.18. The molecular weight excluding hydrogens is 308 g/mol. The molecule has 0 amide bonds. The van der Waals surface area contributed by atoms with Gasteiger partial charge in [-0.3, -0.25) is 9.97 Å². The fourth-order valence-corrected chi connectivity index (χ4v) is 2.18. The van der Waals surface area contributed by atoms with Gasteiger partial charge in [-0.15, -0.1) is 0 Å². The predicted molar refractivity (Wildman–Crippen MR) is 90.3 cm³/mol. The molecule has 6 heteroatoms. The van der Waals surface area contributed by atoms with E-state index in [0.29, 0.717) is 22.5 Å². The first-order valence-corrected chi connectivity index (χ1v) is 7.13. The molecule has 2 aromatic rings. The Bertz CT molecular complexity index is 783. The van der Waals surface area contributed by atoms with E-state index in [1.807, 2.05) is 13.8 Å². The average Bonchev–Trinajstić information content (AvgIpc) is 2.50. The predicted octanol–water partition coefficient (Wildman–Crippen LogP) is 2.96. The Balaban J connectivity index is 2.47. The van der Waals surface area contributed by atoms with Crippen molar-refractivity contribution in [3.63, 3.8) is 0 Å². The second-order valence-corrected chi connectivity index (χ2v) is 5.20. The maximum atomic E-state index is 10.7. The number of aryl methyl sites for hydroxylation is 2. The van der Waals surface area contributed by atoms with Gasteiger partial charge in [0.05, 0.1) is 11.4 Å². The van der Waals surface area contributed by atoms with Crippen LogP contribution in [0.3, 0.4) is 0 Å². The third kappa shape index (κ3) is 4.88.